The van der Waals surface area contributed by atoms with Crippen molar-refractivity contribution < 1.29 is 9.13 Å². The molecule has 0 radical (unpaired) electrons. The molecule has 0 amide bonds. The van der Waals surface area contributed by atoms with Crippen LogP contribution < -0.4 is 10.5 Å². The summed E-state index contributed by atoms with van der Waals surface area (Å²) in [5.74, 6) is 1.14. The molecule has 3 unspecified atom stereocenters. The van der Waals surface area contributed by atoms with Crippen LogP contribution >= 0.6 is 0 Å². The predicted molar refractivity (Wildman–Crippen MR) is 80.3 cm³/mol. The van der Waals surface area contributed by atoms with Crippen molar-refractivity contribution in [1.29, 1.82) is 0 Å². The molecule has 0 bridgehead atoms. The van der Waals surface area contributed by atoms with Gasteiger partial charge < -0.3 is 10.5 Å². The normalized spacial score (nSPS) is 27.4. The Morgan fingerprint density at radius 3 is 2.55 bits per heavy atom. The molecule has 20 heavy (non-hydrogen) atoms. The minimum atomic E-state index is -0.227. The van der Waals surface area contributed by atoms with E-state index < -0.39 is 0 Å². The highest BCUT2D eigenvalue weighted by Crippen LogP contribution is 2.39. The van der Waals surface area contributed by atoms with Gasteiger partial charge in [-0.05, 0) is 61.3 Å². The van der Waals surface area contributed by atoms with Crippen LogP contribution in [0.15, 0.2) is 18.2 Å². The number of benzene rings is 1. The molecule has 1 aliphatic carbocycles. The lowest BCUT2D eigenvalue weighted by Gasteiger charge is -2.40. The fraction of sp³-hybridized carbons (Fsp3) is 0.647. The zero-order valence-electron chi connectivity index (χ0n) is 12.9. The zero-order chi connectivity index (χ0) is 14.9. The Kier molecular flexibility index (Phi) is 4.38. The molecule has 0 heterocycles. The summed E-state index contributed by atoms with van der Waals surface area (Å²) in [5, 5.41) is 0. The van der Waals surface area contributed by atoms with Crippen molar-refractivity contribution in [3.63, 3.8) is 0 Å². The first-order valence-electron chi connectivity index (χ1n) is 7.46. The highest BCUT2D eigenvalue weighted by Gasteiger charge is 2.35. The molecule has 0 saturated heterocycles. The highest BCUT2D eigenvalue weighted by atomic mass is 19.1. The molecule has 1 fully saturated rings. The lowest BCUT2D eigenvalue weighted by molar-refractivity contribution is 0.0587. The summed E-state index contributed by atoms with van der Waals surface area (Å²) in [7, 11) is 0. The summed E-state index contributed by atoms with van der Waals surface area (Å²) in [6, 6.07) is 4.72. The van der Waals surface area contributed by atoms with Crippen molar-refractivity contribution in [3.8, 4) is 5.75 Å². The average Bonchev–Trinajstić information content (AvgIpc) is 2.33. The molecule has 3 atom stereocenters. The molecule has 0 aromatic heterocycles. The van der Waals surface area contributed by atoms with Gasteiger partial charge >= 0.3 is 0 Å². The molecule has 112 valence electrons. The van der Waals surface area contributed by atoms with E-state index in [1.807, 2.05) is 6.92 Å². The first-order chi connectivity index (χ1) is 9.27. The van der Waals surface area contributed by atoms with Crippen LogP contribution in [0.1, 0.15) is 45.6 Å². The molecule has 2 rings (SSSR count). The van der Waals surface area contributed by atoms with Crippen LogP contribution in [0.3, 0.4) is 0 Å². The fourth-order valence-corrected chi connectivity index (χ4v) is 2.98. The smallest absolute Gasteiger partial charge is 0.123 e. The van der Waals surface area contributed by atoms with E-state index in [4.69, 9.17) is 10.5 Å². The van der Waals surface area contributed by atoms with Gasteiger partial charge in [0.2, 0.25) is 0 Å². The maximum Gasteiger partial charge on any atom is 0.123 e. The third-order valence-electron chi connectivity index (χ3n) is 4.48. The lowest BCUT2D eigenvalue weighted by atomic mass is 9.70. The summed E-state index contributed by atoms with van der Waals surface area (Å²) in [5.41, 5.74) is 7.32. The topological polar surface area (TPSA) is 35.2 Å². The first kappa shape index (κ1) is 15.3. The molecule has 0 spiro atoms. The SMILES string of the molecule is Cc1cc(F)ccc1OC1CC(C(C)(C)C)CCC1N. The fourth-order valence-electron chi connectivity index (χ4n) is 2.98. The molecule has 1 aromatic rings. The quantitative estimate of drug-likeness (QED) is 0.886. The Bertz CT molecular complexity index is 467. The minimum absolute atomic E-state index is 0.0251. The van der Waals surface area contributed by atoms with E-state index in [0.717, 1.165) is 30.6 Å². The molecular weight excluding hydrogens is 253 g/mol. The predicted octanol–water partition coefficient (Wildman–Crippen LogP) is 4.06. The van der Waals surface area contributed by atoms with E-state index in [1.54, 1.807) is 6.07 Å². The summed E-state index contributed by atoms with van der Waals surface area (Å²) >= 11 is 0. The second kappa shape index (κ2) is 5.72. The molecule has 1 saturated carbocycles. The number of halogens is 1. The average molecular weight is 279 g/mol. The Balaban J connectivity index is 2.10. The van der Waals surface area contributed by atoms with Gasteiger partial charge in [0.05, 0.1) is 0 Å². The van der Waals surface area contributed by atoms with E-state index >= 15 is 0 Å². The second-order valence-electron chi connectivity index (χ2n) is 7.11. The van der Waals surface area contributed by atoms with Crippen molar-refractivity contribution in [3.05, 3.63) is 29.6 Å². The summed E-state index contributed by atoms with van der Waals surface area (Å²) in [6.07, 6.45) is 3.15. The molecular formula is C17H26FNO. The van der Waals surface area contributed by atoms with E-state index in [9.17, 15) is 4.39 Å². The molecule has 0 aliphatic heterocycles. The number of aryl methyl sites for hydroxylation is 1. The van der Waals surface area contributed by atoms with E-state index in [0.29, 0.717) is 5.92 Å². The molecule has 2 N–H and O–H groups in total. The zero-order valence-corrected chi connectivity index (χ0v) is 12.9. The summed E-state index contributed by atoms with van der Waals surface area (Å²) in [6.45, 7) is 8.69. The van der Waals surface area contributed by atoms with E-state index in [1.165, 1.54) is 12.1 Å². The number of rotatable bonds is 2. The van der Waals surface area contributed by atoms with Crippen LogP contribution in [0.2, 0.25) is 0 Å². The van der Waals surface area contributed by atoms with Crippen molar-refractivity contribution >= 4 is 0 Å². The standard InChI is InChI=1S/C17H26FNO/c1-11-9-13(18)6-8-15(11)20-16-10-12(17(2,3)4)5-7-14(16)19/h6,8-9,12,14,16H,5,7,10,19H2,1-4H3. The largest absolute Gasteiger partial charge is 0.489 e. The van der Waals surface area contributed by atoms with Gasteiger partial charge in [-0.25, -0.2) is 4.39 Å². The maximum absolute atomic E-state index is 13.1. The molecule has 1 aliphatic rings. The third-order valence-corrected chi connectivity index (χ3v) is 4.48. The maximum atomic E-state index is 13.1. The van der Waals surface area contributed by atoms with Crippen LogP contribution in [0.25, 0.3) is 0 Å². The summed E-state index contributed by atoms with van der Waals surface area (Å²) in [4.78, 5) is 0. The van der Waals surface area contributed by atoms with Gasteiger partial charge in [-0.3, -0.25) is 0 Å². The first-order valence-corrected chi connectivity index (χ1v) is 7.46. The van der Waals surface area contributed by atoms with Gasteiger partial charge in [0, 0.05) is 6.04 Å². The van der Waals surface area contributed by atoms with Crippen LogP contribution in [0.5, 0.6) is 5.75 Å². The van der Waals surface area contributed by atoms with Gasteiger partial charge in [-0.2, -0.15) is 0 Å². The van der Waals surface area contributed by atoms with Crippen LogP contribution in [0.4, 0.5) is 4.39 Å². The van der Waals surface area contributed by atoms with Crippen LogP contribution in [-0.4, -0.2) is 12.1 Å². The summed E-state index contributed by atoms with van der Waals surface area (Å²) < 4.78 is 19.2. The van der Waals surface area contributed by atoms with Crippen molar-refractivity contribution in [1.82, 2.24) is 0 Å². The molecule has 2 nitrogen and oxygen atoms in total. The van der Waals surface area contributed by atoms with E-state index in [-0.39, 0.29) is 23.4 Å². The minimum Gasteiger partial charge on any atom is -0.489 e. The second-order valence-corrected chi connectivity index (χ2v) is 7.11. The number of hydrogen-bond donors (Lipinski definition) is 1. The number of hydrogen-bond acceptors (Lipinski definition) is 2. The van der Waals surface area contributed by atoms with Crippen LogP contribution in [-0.2, 0) is 0 Å². The van der Waals surface area contributed by atoms with Gasteiger partial charge in [0.25, 0.3) is 0 Å². The number of ether oxygens (including phenoxy) is 1. The monoisotopic (exact) mass is 279 g/mol. The van der Waals surface area contributed by atoms with Gasteiger partial charge in [-0.15, -0.1) is 0 Å². The lowest BCUT2D eigenvalue weighted by Crippen LogP contribution is -2.46. The van der Waals surface area contributed by atoms with Gasteiger partial charge in [0.1, 0.15) is 17.7 Å². The van der Waals surface area contributed by atoms with Crippen molar-refractivity contribution in [2.24, 2.45) is 17.1 Å². The highest BCUT2D eigenvalue weighted by molar-refractivity contribution is 5.33. The molecule has 1 aromatic carbocycles. The van der Waals surface area contributed by atoms with Crippen molar-refractivity contribution in [2.75, 3.05) is 0 Å². The van der Waals surface area contributed by atoms with Crippen LogP contribution in [0, 0.1) is 24.1 Å². The van der Waals surface area contributed by atoms with Gasteiger partial charge in [-0.1, -0.05) is 20.8 Å². The van der Waals surface area contributed by atoms with Crippen molar-refractivity contribution in [2.45, 2.75) is 59.1 Å². The molecule has 3 heteroatoms. The Labute approximate surface area is 121 Å². The Morgan fingerprint density at radius 2 is 1.95 bits per heavy atom. The third kappa shape index (κ3) is 3.51. The Morgan fingerprint density at radius 1 is 1.25 bits per heavy atom. The number of nitrogens with two attached hydrogens (primary N) is 1. The van der Waals surface area contributed by atoms with Gasteiger partial charge in [0.15, 0.2) is 0 Å². The Hall–Kier alpha value is -1.09. The van der Waals surface area contributed by atoms with E-state index in [2.05, 4.69) is 20.8 Å².